The second-order valence-electron chi connectivity index (χ2n) is 4.59. The summed E-state index contributed by atoms with van der Waals surface area (Å²) in [7, 11) is 1.68. The molecule has 0 spiro atoms. The van der Waals surface area contributed by atoms with Crippen LogP contribution in [0.25, 0.3) is 11.0 Å². The van der Waals surface area contributed by atoms with Gasteiger partial charge in [0.05, 0.1) is 17.1 Å². The third-order valence-corrected chi connectivity index (χ3v) is 3.25. The molecule has 1 atom stereocenters. The molecule has 0 radical (unpaired) electrons. The number of ether oxygens (including phenoxy) is 1. The topological polar surface area (TPSA) is 53.1 Å². The predicted molar refractivity (Wildman–Crippen MR) is 73.4 cm³/mol. The number of halogens is 1. The minimum Gasteiger partial charge on any atom is -0.385 e. The second kappa shape index (κ2) is 6.12. The highest BCUT2D eigenvalue weighted by Crippen LogP contribution is 2.23. The average Bonchev–Trinajstić information content (AvgIpc) is 2.76. The van der Waals surface area contributed by atoms with Gasteiger partial charge in [0, 0.05) is 26.3 Å². The maximum atomic E-state index is 13.2. The third-order valence-electron chi connectivity index (χ3n) is 3.25. The van der Waals surface area contributed by atoms with Crippen LogP contribution < -0.4 is 5.73 Å². The molecule has 0 aliphatic heterocycles. The van der Waals surface area contributed by atoms with E-state index in [9.17, 15) is 4.39 Å². The molecule has 5 heteroatoms. The number of nitrogens with zero attached hydrogens (tertiary/aromatic N) is 2. The fourth-order valence-electron chi connectivity index (χ4n) is 2.31. The summed E-state index contributed by atoms with van der Waals surface area (Å²) in [6.07, 6.45) is 1.69. The molecule has 19 heavy (non-hydrogen) atoms. The fourth-order valence-corrected chi connectivity index (χ4v) is 2.31. The molecule has 1 aromatic heterocycles. The van der Waals surface area contributed by atoms with E-state index in [1.807, 2.05) is 11.5 Å². The smallest absolute Gasteiger partial charge is 0.126 e. The summed E-state index contributed by atoms with van der Waals surface area (Å²) in [6.45, 7) is 3.50. The maximum absolute atomic E-state index is 13.2. The molecular formula is C14H20FN3O. The van der Waals surface area contributed by atoms with Crippen molar-refractivity contribution in [2.45, 2.75) is 32.4 Å². The van der Waals surface area contributed by atoms with Gasteiger partial charge in [0.15, 0.2) is 0 Å². The van der Waals surface area contributed by atoms with Crippen molar-refractivity contribution < 1.29 is 9.13 Å². The van der Waals surface area contributed by atoms with Gasteiger partial charge in [-0.3, -0.25) is 0 Å². The van der Waals surface area contributed by atoms with Gasteiger partial charge in [-0.15, -0.1) is 0 Å². The van der Waals surface area contributed by atoms with E-state index in [2.05, 4.69) is 4.98 Å². The highest BCUT2D eigenvalue weighted by molar-refractivity contribution is 5.76. The van der Waals surface area contributed by atoms with Gasteiger partial charge in [-0.1, -0.05) is 0 Å². The molecule has 1 aromatic carbocycles. The van der Waals surface area contributed by atoms with E-state index in [4.69, 9.17) is 10.5 Å². The lowest BCUT2D eigenvalue weighted by Gasteiger charge is -2.13. The normalized spacial score (nSPS) is 13.1. The third kappa shape index (κ3) is 2.93. The van der Waals surface area contributed by atoms with E-state index < -0.39 is 0 Å². The zero-order valence-corrected chi connectivity index (χ0v) is 11.4. The van der Waals surface area contributed by atoms with Gasteiger partial charge in [0.1, 0.15) is 11.6 Å². The summed E-state index contributed by atoms with van der Waals surface area (Å²) >= 11 is 0. The van der Waals surface area contributed by atoms with Crippen molar-refractivity contribution >= 4 is 11.0 Å². The first-order valence-electron chi connectivity index (χ1n) is 6.57. The SMILES string of the molecule is CCn1c(C(N)CCCOC)nc2cc(F)ccc21. The Balaban J connectivity index is 2.31. The number of imidazole rings is 1. The number of rotatable bonds is 6. The number of methoxy groups -OCH3 is 1. The van der Waals surface area contributed by atoms with E-state index >= 15 is 0 Å². The number of hydrogen-bond acceptors (Lipinski definition) is 3. The largest absolute Gasteiger partial charge is 0.385 e. The monoisotopic (exact) mass is 265 g/mol. The Labute approximate surface area is 112 Å². The van der Waals surface area contributed by atoms with Crippen LogP contribution in [0.3, 0.4) is 0 Å². The summed E-state index contributed by atoms with van der Waals surface area (Å²) < 4.78 is 20.3. The van der Waals surface area contributed by atoms with Crippen LogP contribution in [-0.2, 0) is 11.3 Å². The lowest BCUT2D eigenvalue weighted by molar-refractivity contribution is 0.190. The van der Waals surface area contributed by atoms with Crippen LogP contribution in [0.1, 0.15) is 31.6 Å². The summed E-state index contributed by atoms with van der Waals surface area (Å²) in [5, 5.41) is 0. The highest BCUT2D eigenvalue weighted by atomic mass is 19.1. The van der Waals surface area contributed by atoms with Crippen molar-refractivity contribution in [3.05, 3.63) is 29.8 Å². The Kier molecular flexibility index (Phi) is 4.50. The van der Waals surface area contributed by atoms with Gasteiger partial charge < -0.3 is 15.0 Å². The van der Waals surface area contributed by atoms with Gasteiger partial charge >= 0.3 is 0 Å². The molecule has 0 saturated heterocycles. The zero-order valence-electron chi connectivity index (χ0n) is 11.4. The Bertz CT molecular complexity index is 553. The minimum absolute atomic E-state index is 0.148. The standard InChI is InChI=1S/C14H20FN3O/c1-3-18-13-7-6-10(15)9-12(13)17-14(18)11(16)5-4-8-19-2/h6-7,9,11H,3-5,8,16H2,1-2H3. The molecule has 4 nitrogen and oxygen atoms in total. The number of hydrogen-bond donors (Lipinski definition) is 1. The van der Waals surface area contributed by atoms with Crippen LogP contribution in [0, 0.1) is 5.82 Å². The molecule has 0 aliphatic carbocycles. The van der Waals surface area contributed by atoms with Crippen LogP contribution >= 0.6 is 0 Å². The quantitative estimate of drug-likeness (QED) is 0.817. The average molecular weight is 265 g/mol. The fraction of sp³-hybridized carbons (Fsp3) is 0.500. The minimum atomic E-state index is -0.271. The molecule has 1 unspecified atom stereocenters. The second-order valence-corrected chi connectivity index (χ2v) is 4.59. The molecule has 0 amide bonds. The molecule has 2 aromatic rings. The molecule has 1 heterocycles. The van der Waals surface area contributed by atoms with Gasteiger partial charge in [-0.2, -0.15) is 0 Å². The van der Waals surface area contributed by atoms with Crippen molar-refractivity contribution in [1.82, 2.24) is 9.55 Å². The lowest BCUT2D eigenvalue weighted by atomic mass is 10.1. The first-order chi connectivity index (χ1) is 9.17. The van der Waals surface area contributed by atoms with Crippen molar-refractivity contribution in [2.24, 2.45) is 5.73 Å². The maximum Gasteiger partial charge on any atom is 0.126 e. The predicted octanol–water partition coefficient (Wildman–Crippen LogP) is 2.62. The molecule has 0 fully saturated rings. The van der Waals surface area contributed by atoms with E-state index in [1.165, 1.54) is 12.1 Å². The Morgan fingerprint density at radius 1 is 1.47 bits per heavy atom. The molecule has 0 aliphatic rings. The summed E-state index contributed by atoms with van der Waals surface area (Å²) in [5.41, 5.74) is 7.78. The van der Waals surface area contributed by atoms with Gasteiger partial charge in [-0.25, -0.2) is 9.37 Å². The summed E-state index contributed by atoms with van der Waals surface area (Å²) in [4.78, 5) is 4.48. The zero-order chi connectivity index (χ0) is 13.8. The first kappa shape index (κ1) is 14.0. The Morgan fingerprint density at radius 2 is 2.26 bits per heavy atom. The van der Waals surface area contributed by atoms with Crippen LogP contribution in [0.2, 0.25) is 0 Å². The number of benzene rings is 1. The van der Waals surface area contributed by atoms with E-state index in [0.717, 1.165) is 30.7 Å². The van der Waals surface area contributed by atoms with Gasteiger partial charge in [-0.05, 0) is 31.9 Å². The Morgan fingerprint density at radius 3 is 2.95 bits per heavy atom. The van der Waals surface area contributed by atoms with Gasteiger partial charge in [0.2, 0.25) is 0 Å². The van der Waals surface area contributed by atoms with Crippen LogP contribution in [0.15, 0.2) is 18.2 Å². The van der Waals surface area contributed by atoms with E-state index in [-0.39, 0.29) is 11.9 Å². The molecule has 2 N–H and O–H groups in total. The van der Waals surface area contributed by atoms with Crippen molar-refractivity contribution in [1.29, 1.82) is 0 Å². The van der Waals surface area contributed by atoms with Crippen molar-refractivity contribution in [3.8, 4) is 0 Å². The van der Waals surface area contributed by atoms with Crippen molar-refractivity contribution in [2.75, 3.05) is 13.7 Å². The number of aryl methyl sites for hydroxylation is 1. The molecule has 0 saturated carbocycles. The van der Waals surface area contributed by atoms with Crippen LogP contribution in [-0.4, -0.2) is 23.3 Å². The highest BCUT2D eigenvalue weighted by Gasteiger charge is 2.16. The summed E-state index contributed by atoms with van der Waals surface area (Å²) in [6, 6.07) is 4.51. The molecule has 2 rings (SSSR count). The lowest BCUT2D eigenvalue weighted by Crippen LogP contribution is -2.17. The number of nitrogens with two attached hydrogens (primary N) is 1. The van der Waals surface area contributed by atoms with Crippen molar-refractivity contribution in [3.63, 3.8) is 0 Å². The van der Waals surface area contributed by atoms with Crippen LogP contribution in [0.5, 0.6) is 0 Å². The van der Waals surface area contributed by atoms with Gasteiger partial charge in [0.25, 0.3) is 0 Å². The Hall–Kier alpha value is -1.46. The molecular weight excluding hydrogens is 245 g/mol. The molecule has 104 valence electrons. The number of fused-ring (bicyclic) bond motifs is 1. The summed E-state index contributed by atoms with van der Waals surface area (Å²) in [5.74, 6) is 0.548. The molecule has 0 bridgehead atoms. The van der Waals surface area contributed by atoms with E-state index in [0.29, 0.717) is 12.1 Å². The number of aromatic nitrogens is 2. The van der Waals surface area contributed by atoms with E-state index in [1.54, 1.807) is 13.2 Å². The first-order valence-corrected chi connectivity index (χ1v) is 6.57. The van der Waals surface area contributed by atoms with Crippen LogP contribution in [0.4, 0.5) is 4.39 Å².